The number of H-pyrrole nitrogens is 1. The third-order valence-electron chi connectivity index (χ3n) is 6.81. The molecular formula is C24H29N3O7. The van der Waals surface area contributed by atoms with Gasteiger partial charge in [-0.15, -0.1) is 0 Å². The molecule has 1 amide bonds. The Balaban J connectivity index is 0.000000235. The lowest BCUT2D eigenvalue weighted by molar-refractivity contribution is -0.165. The molecule has 2 aromatic rings. The van der Waals surface area contributed by atoms with Gasteiger partial charge in [-0.2, -0.15) is 0 Å². The number of fused-ring (bicyclic) bond motifs is 2. The van der Waals surface area contributed by atoms with Crippen molar-refractivity contribution >= 4 is 34.3 Å². The number of carboxylic acids is 2. The molecule has 2 unspecified atom stereocenters. The summed E-state index contributed by atoms with van der Waals surface area (Å²) < 4.78 is 0. The maximum atomic E-state index is 12.9. The molecule has 10 nitrogen and oxygen atoms in total. The van der Waals surface area contributed by atoms with Crippen LogP contribution < -0.4 is 0 Å². The van der Waals surface area contributed by atoms with E-state index in [1.807, 2.05) is 0 Å². The quantitative estimate of drug-likeness (QED) is 0.433. The van der Waals surface area contributed by atoms with Crippen LogP contribution in [-0.4, -0.2) is 98.0 Å². The number of amides is 1. The van der Waals surface area contributed by atoms with Gasteiger partial charge in [0.05, 0.1) is 5.92 Å². The van der Waals surface area contributed by atoms with E-state index in [4.69, 9.17) is 20.4 Å². The molecule has 34 heavy (non-hydrogen) atoms. The van der Waals surface area contributed by atoms with Crippen molar-refractivity contribution < 1.29 is 34.8 Å². The van der Waals surface area contributed by atoms with Gasteiger partial charge in [0.15, 0.2) is 12.2 Å². The zero-order valence-electron chi connectivity index (χ0n) is 18.8. The lowest BCUT2D eigenvalue weighted by Crippen LogP contribution is -2.47. The Kier molecular flexibility index (Phi) is 6.74. The van der Waals surface area contributed by atoms with Gasteiger partial charge in [-0.1, -0.05) is 18.2 Å². The third kappa shape index (κ3) is 4.44. The number of nitrogens with zero attached hydrogens (tertiary/aromatic N) is 2. The third-order valence-corrected chi connectivity index (χ3v) is 6.81. The fraction of sp³-hybridized carbons (Fsp3) is 0.458. The van der Waals surface area contributed by atoms with Crippen molar-refractivity contribution in [1.29, 1.82) is 0 Å². The smallest absolute Gasteiger partial charge is 0.335 e. The van der Waals surface area contributed by atoms with E-state index in [1.54, 1.807) is 0 Å². The number of hydrogen-bond donors (Lipinski definition) is 5. The first-order valence-electron chi connectivity index (χ1n) is 11.3. The first-order valence-corrected chi connectivity index (χ1v) is 11.3. The van der Waals surface area contributed by atoms with E-state index in [0.717, 1.165) is 38.9 Å². The highest BCUT2D eigenvalue weighted by Crippen LogP contribution is 2.41. The van der Waals surface area contributed by atoms with E-state index in [9.17, 15) is 14.4 Å². The molecular weight excluding hydrogens is 442 g/mol. The van der Waals surface area contributed by atoms with Gasteiger partial charge in [-0.05, 0) is 49.1 Å². The molecule has 182 valence electrons. The summed E-state index contributed by atoms with van der Waals surface area (Å²) >= 11 is 0. The molecule has 10 heteroatoms. The van der Waals surface area contributed by atoms with E-state index in [2.05, 4.69) is 52.3 Å². The van der Waals surface area contributed by atoms with Crippen LogP contribution in [0.1, 0.15) is 24.0 Å². The lowest BCUT2D eigenvalue weighted by Gasteiger charge is -2.40. The molecule has 1 aromatic heterocycles. The number of rotatable bonds is 4. The summed E-state index contributed by atoms with van der Waals surface area (Å²) in [4.78, 5) is 40.3. The molecule has 1 fully saturated rings. The molecule has 1 aliphatic carbocycles. The van der Waals surface area contributed by atoms with Gasteiger partial charge in [0, 0.05) is 42.8 Å². The second-order valence-corrected chi connectivity index (χ2v) is 9.03. The lowest BCUT2D eigenvalue weighted by atomic mass is 9.79. The minimum atomic E-state index is -2.27. The molecule has 2 aliphatic heterocycles. The summed E-state index contributed by atoms with van der Waals surface area (Å²) in [5, 5.41) is 33.9. The number of aromatic nitrogens is 1. The number of carboxylic acid groups (broad SMARTS) is 2. The number of nitrogens with one attached hydrogen (secondary N) is 1. The second kappa shape index (κ2) is 9.57. The van der Waals surface area contributed by atoms with Crippen LogP contribution in [0.2, 0.25) is 0 Å². The summed E-state index contributed by atoms with van der Waals surface area (Å²) in [6.07, 6.45) is 3.23. The van der Waals surface area contributed by atoms with Gasteiger partial charge in [0.25, 0.3) is 0 Å². The highest BCUT2D eigenvalue weighted by atomic mass is 16.4. The average Bonchev–Trinajstić information content (AvgIpc) is 3.50. The van der Waals surface area contributed by atoms with Gasteiger partial charge < -0.3 is 30.3 Å². The van der Waals surface area contributed by atoms with E-state index in [0.29, 0.717) is 11.9 Å². The number of aliphatic carboxylic acids is 2. The molecule has 1 aromatic carbocycles. The van der Waals surface area contributed by atoms with E-state index < -0.39 is 24.1 Å². The predicted molar refractivity (Wildman–Crippen MR) is 123 cm³/mol. The van der Waals surface area contributed by atoms with Crippen LogP contribution in [0.3, 0.4) is 0 Å². The topological polar surface area (TPSA) is 154 Å². The Bertz CT molecular complexity index is 1120. The van der Waals surface area contributed by atoms with Crippen LogP contribution in [0.5, 0.6) is 0 Å². The summed E-state index contributed by atoms with van der Waals surface area (Å²) in [6, 6.07) is 6.87. The number of aliphatic hydroxyl groups excluding tert-OH is 2. The van der Waals surface area contributed by atoms with Crippen LogP contribution in [0.25, 0.3) is 16.5 Å². The molecule has 0 spiro atoms. The van der Waals surface area contributed by atoms with Gasteiger partial charge >= 0.3 is 11.9 Å². The highest BCUT2D eigenvalue weighted by Gasteiger charge is 2.37. The molecule has 0 saturated carbocycles. The largest absolute Gasteiger partial charge is 0.479 e. The molecule has 3 aliphatic rings. The number of likely N-dealkylation sites (tertiary alicyclic amines) is 1. The summed E-state index contributed by atoms with van der Waals surface area (Å²) in [6.45, 7) is 2.70. The van der Waals surface area contributed by atoms with Crippen LogP contribution in [-0.2, 0) is 20.8 Å². The molecule has 0 radical (unpaired) electrons. The van der Waals surface area contributed by atoms with Crippen molar-refractivity contribution in [3.05, 3.63) is 41.6 Å². The number of hydrogen-bond acceptors (Lipinski definition) is 6. The van der Waals surface area contributed by atoms with Crippen molar-refractivity contribution in [2.24, 2.45) is 5.92 Å². The first kappa shape index (κ1) is 23.9. The monoisotopic (exact) mass is 471 g/mol. The van der Waals surface area contributed by atoms with Gasteiger partial charge in [0.1, 0.15) is 0 Å². The predicted octanol–water partition coefficient (Wildman–Crippen LogP) is 0.537. The normalized spacial score (nSPS) is 23.4. The molecule has 4 atom stereocenters. The molecule has 5 rings (SSSR count). The zero-order valence-corrected chi connectivity index (χ0v) is 18.8. The van der Waals surface area contributed by atoms with Gasteiger partial charge in [0.2, 0.25) is 5.91 Å². The van der Waals surface area contributed by atoms with Crippen LogP contribution >= 0.6 is 0 Å². The van der Waals surface area contributed by atoms with Gasteiger partial charge in [-0.25, -0.2) is 9.59 Å². The number of aromatic amines is 1. The van der Waals surface area contributed by atoms with E-state index >= 15 is 0 Å². The fourth-order valence-electron chi connectivity index (χ4n) is 5.05. The Hall–Kier alpha value is -3.21. The fourth-order valence-corrected chi connectivity index (χ4v) is 5.05. The summed E-state index contributed by atoms with van der Waals surface area (Å²) in [7, 11) is 2.17. The maximum Gasteiger partial charge on any atom is 0.335 e. The van der Waals surface area contributed by atoms with E-state index in [-0.39, 0.29) is 5.92 Å². The van der Waals surface area contributed by atoms with Gasteiger partial charge in [-0.3, -0.25) is 9.69 Å². The minimum absolute atomic E-state index is 0.00454. The van der Waals surface area contributed by atoms with Crippen molar-refractivity contribution in [2.45, 2.75) is 37.5 Å². The van der Waals surface area contributed by atoms with Crippen molar-refractivity contribution in [3.8, 4) is 0 Å². The second-order valence-electron chi connectivity index (χ2n) is 9.03. The standard InChI is InChI=1S/C20H23N3O.C4H6O6/c1-22-12-14(20(24)23-7-2-3-8-23)9-16-15-5-4-6-17-19(15)13(11-21-17)10-18(16)22;5-1(3(7)8)2(6)4(9)10/h4-6,9,11,14,18,21H,2-3,7-8,10,12H2,1H3;1-2,5-6H,(H,7,8)(H,9,10)/t14-,18-;/m1./s1. The molecule has 3 heterocycles. The summed E-state index contributed by atoms with van der Waals surface area (Å²) in [5.74, 6) is -3.22. The minimum Gasteiger partial charge on any atom is -0.479 e. The van der Waals surface area contributed by atoms with Crippen molar-refractivity contribution in [2.75, 3.05) is 26.7 Å². The van der Waals surface area contributed by atoms with Crippen LogP contribution in [0.15, 0.2) is 30.5 Å². The van der Waals surface area contributed by atoms with Crippen LogP contribution in [0, 0.1) is 5.92 Å². The zero-order chi connectivity index (χ0) is 24.6. The summed E-state index contributed by atoms with van der Waals surface area (Å²) in [5.41, 5.74) is 5.26. The molecule has 1 saturated heterocycles. The average molecular weight is 472 g/mol. The van der Waals surface area contributed by atoms with Crippen LogP contribution in [0.4, 0.5) is 0 Å². The number of carbonyl (C=O) groups excluding carboxylic acids is 1. The van der Waals surface area contributed by atoms with Crippen molar-refractivity contribution in [1.82, 2.24) is 14.8 Å². The maximum absolute atomic E-state index is 12.9. The highest BCUT2D eigenvalue weighted by molar-refractivity contribution is 5.99. The SMILES string of the molecule is CN1C[C@H](C(=O)N2CCCC2)C=C2c3cccc4[nH]cc(c34)C[C@H]21.O=C(O)C(O)C(O)C(=O)O. The Morgan fingerprint density at radius 1 is 1.06 bits per heavy atom. The number of likely N-dealkylation sites (N-methyl/N-ethyl adjacent to an activating group) is 1. The number of carbonyl (C=O) groups is 3. The molecule has 0 bridgehead atoms. The Morgan fingerprint density at radius 2 is 1.71 bits per heavy atom. The number of benzene rings is 1. The van der Waals surface area contributed by atoms with Crippen molar-refractivity contribution in [3.63, 3.8) is 0 Å². The first-order chi connectivity index (χ1) is 16.2. The number of aliphatic hydroxyl groups is 2. The molecule has 5 N–H and O–H groups in total. The van der Waals surface area contributed by atoms with E-state index in [1.165, 1.54) is 27.6 Å². The Labute approximate surface area is 196 Å². The Morgan fingerprint density at radius 3 is 2.32 bits per heavy atom.